The average Bonchev–Trinajstić information content (AvgIpc) is 3.27. The van der Waals surface area contributed by atoms with Gasteiger partial charge in [0.15, 0.2) is 10.8 Å². The molecule has 0 saturated carbocycles. The Kier molecular flexibility index (Phi) is 4.16. The second kappa shape index (κ2) is 6.47. The first-order valence-electron chi connectivity index (χ1n) is 8.34. The van der Waals surface area contributed by atoms with E-state index >= 15 is 0 Å². The highest BCUT2D eigenvalue weighted by molar-refractivity contribution is 7.16. The minimum absolute atomic E-state index is 0.247. The predicted molar refractivity (Wildman–Crippen MR) is 90.1 cm³/mol. The van der Waals surface area contributed by atoms with Gasteiger partial charge in [-0.15, -0.1) is 11.3 Å². The van der Waals surface area contributed by atoms with Crippen LogP contribution in [-0.2, 0) is 22.5 Å². The van der Waals surface area contributed by atoms with E-state index in [1.54, 1.807) is 17.7 Å². The van der Waals surface area contributed by atoms with Gasteiger partial charge in [-0.1, -0.05) is 0 Å². The van der Waals surface area contributed by atoms with Crippen molar-refractivity contribution < 1.29 is 19.1 Å². The maximum atomic E-state index is 12.4. The van der Waals surface area contributed by atoms with Crippen molar-refractivity contribution in [1.82, 2.24) is 14.8 Å². The van der Waals surface area contributed by atoms with E-state index in [4.69, 9.17) is 9.47 Å². The van der Waals surface area contributed by atoms with Crippen LogP contribution in [0.5, 0.6) is 5.88 Å². The fraction of sp³-hybridized carbons (Fsp3) is 0.500. The summed E-state index contributed by atoms with van der Waals surface area (Å²) in [6.07, 6.45) is 2.37. The summed E-state index contributed by atoms with van der Waals surface area (Å²) in [5, 5.41) is 7.52. The second-order valence-electron chi connectivity index (χ2n) is 5.92. The molecule has 0 radical (unpaired) electrons. The molecule has 1 aliphatic heterocycles. The monoisotopic (exact) mass is 362 g/mol. The quantitative estimate of drug-likeness (QED) is 0.836. The number of fused-ring (bicyclic) bond motifs is 2. The Balaban J connectivity index is 1.49. The SMILES string of the molecule is CCOC(=O)[C@@H]1CCc2sc(NC(=O)c3cc4n(n3)CCCO4)nc21. The zero-order valence-corrected chi connectivity index (χ0v) is 14.6. The molecule has 3 heterocycles. The van der Waals surface area contributed by atoms with Gasteiger partial charge < -0.3 is 9.47 Å². The van der Waals surface area contributed by atoms with Gasteiger partial charge in [-0.05, 0) is 19.8 Å². The van der Waals surface area contributed by atoms with Gasteiger partial charge in [-0.25, -0.2) is 9.67 Å². The Bertz CT molecular complexity index is 805. The minimum atomic E-state index is -0.329. The topological polar surface area (TPSA) is 95.3 Å². The number of ether oxygens (including phenoxy) is 2. The van der Waals surface area contributed by atoms with Crippen LogP contribution >= 0.6 is 11.3 Å². The van der Waals surface area contributed by atoms with Crippen molar-refractivity contribution >= 4 is 28.3 Å². The van der Waals surface area contributed by atoms with Gasteiger partial charge in [-0.2, -0.15) is 5.10 Å². The van der Waals surface area contributed by atoms with Crippen LogP contribution in [0.4, 0.5) is 5.13 Å². The zero-order chi connectivity index (χ0) is 17.4. The number of carbonyl (C=O) groups is 2. The lowest BCUT2D eigenvalue weighted by atomic mass is 10.1. The standard InChI is InChI=1S/C16H18N4O4S/c1-2-23-15(22)9-4-5-11-13(9)17-16(25-11)18-14(21)10-8-12-20(19-10)6-3-7-24-12/h8-9H,2-7H2,1H3,(H,17,18,21)/t9-/m1/s1. The zero-order valence-electron chi connectivity index (χ0n) is 13.8. The number of anilines is 1. The molecule has 0 aromatic carbocycles. The number of thiazole rings is 1. The van der Waals surface area contributed by atoms with Gasteiger partial charge in [0.1, 0.15) is 5.92 Å². The highest BCUT2D eigenvalue weighted by Crippen LogP contribution is 2.39. The fourth-order valence-electron chi connectivity index (χ4n) is 3.09. The van der Waals surface area contributed by atoms with Crippen LogP contribution in [0.25, 0.3) is 0 Å². The first kappa shape index (κ1) is 16.1. The summed E-state index contributed by atoms with van der Waals surface area (Å²) >= 11 is 1.40. The maximum absolute atomic E-state index is 12.4. The lowest BCUT2D eigenvalue weighted by Crippen LogP contribution is -2.16. The summed E-state index contributed by atoms with van der Waals surface area (Å²) in [7, 11) is 0. The number of amides is 1. The van der Waals surface area contributed by atoms with Crippen molar-refractivity contribution in [2.45, 2.75) is 38.6 Å². The van der Waals surface area contributed by atoms with E-state index in [2.05, 4.69) is 15.4 Å². The van der Waals surface area contributed by atoms with Gasteiger partial charge in [0.05, 0.1) is 18.9 Å². The van der Waals surface area contributed by atoms with E-state index in [1.165, 1.54) is 11.3 Å². The lowest BCUT2D eigenvalue weighted by Gasteiger charge is -2.13. The molecule has 1 N–H and O–H groups in total. The van der Waals surface area contributed by atoms with Crippen molar-refractivity contribution in [1.29, 1.82) is 0 Å². The van der Waals surface area contributed by atoms with Crippen LogP contribution in [0.3, 0.4) is 0 Å². The predicted octanol–water partition coefficient (Wildman–Crippen LogP) is 1.97. The van der Waals surface area contributed by atoms with Crippen LogP contribution in [-0.4, -0.2) is 39.9 Å². The van der Waals surface area contributed by atoms with E-state index in [-0.39, 0.29) is 17.8 Å². The van der Waals surface area contributed by atoms with Crippen molar-refractivity contribution in [2.75, 3.05) is 18.5 Å². The van der Waals surface area contributed by atoms with E-state index in [1.807, 2.05) is 0 Å². The van der Waals surface area contributed by atoms with E-state index in [0.717, 1.165) is 30.0 Å². The normalized spacial score (nSPS) is 18.2. The van der Waals surface area contributed by atoms with E-state index in [9.17, 15) is 9.59 Å². The number of hydrogen-bond acceptors (Lipinski definition) is 7. The molecule has 0 bridgehead atoms. The molecule has 1 amide bonds. The number of nitrogens with one attached hydrogen (secondary N) is 1. The molecule has 1 aliphatic carbocycles. The lowest BCUT2D eigenvalue weighted by molar-refractivity contribution is -0.145. The van der Waals surface area contributed by atoms with Crippen LogP contribution in [0.1, 0.15) is 46.7 Å². The number of hydrogen-bond donors (Lipinski definition) is 1. The third-order valence-electron chi connectivity index (χ3n) is 4.25. The van der Waals surface area contributed by atoms with Gasteiger partial charge in [0.2, 0.25) is 5.88 Å². The van der Waals surface area contributed by atoms with Gasteiger partial charge in [-0.3, -0.25) is 14.9 Å². The number of aryl methyl sites for hydroxylation is 2. The highest BCUT2D eigenvalue weighted by Gasteiger charge is 2.34. The molecular weight excluding hydrogens is 344 g/mol. The first-order valence-corrected chi connectivity index (χ1v) is 9.15. The van der Waals surface area contributed by atoms with Crippen molar-refractivity contribution in [3.8, 4) is 5.88 Å². The largest absolute Gasteiger partial charge is 0.478 e. The Labute approximate surface area is 148 Å². The Hall–Kier alpha value is -2.42. The summed E-state index contributed by atoms with van der Waals surface area (Å²) in [6.45, 7) is 3.52. The van der Waals surface area contributed by atoms with Gasteiger partial charge in [0.25, 0.3) is 5.91 Å². The Morgan fingerprint density at radius 1 is 1.52 bits per heavy atom. The summed E-state index contributed by atoms with van der Waals surface area (Å²) < 4.78 is 12.3. The molecule has 2 aromatic rings. The first-order chi connectivity index (χ1) is 12.2. The molecule has 9 heteroatoms. The summed E-state index contributed by atoms with van der Waals surface area (Å²) in [5.74, 6) is -0.292. The van der Waals surface area contributed by atoms with E-state index < -0.39 is 0 Å². The smallest absolute Gasteiger partial charge is 0.315 e. The molecule has 1 atom stereocenters. The average molecular weight is 362 g/mol. The number of nitrogens with zero attached hydrogens (tertiary/aromatic N) is 3. The van der Waals surface area contributed by atoms with Crippen molar-refractivity contribution in [2.24, 2.45) is 0 Å². The molecule has 132 valence electrons. The fourth-order valence-corrected chi connectivity index (χ4v) is 4.13. The molecular formula is C16H18N4O4S. The molecule has 0 unspecified atom stereocenters. The summed E-state index contributed by atoms with van der Waals surface area (Å²) in [5.41, 5.74) is 1.03. The molecule has 0 spiro atoms. The van der Waals surface area contributed by atoms with Crippen molar-refractivity contribution in [3.05, 3.63) is 22.3 Å². The molecule has 2 aliphatic rings. The second-order valence-corrected chi connectivity index (χ2v) is 7.00. The van der Waals surface area contributed by atoms with Crippen LogP contribution in [0.2, 0.25) is 0 Å². The molecule has 0 fully saturated rings. The summed E-state index contributed by atoms with van der Waals surface area (Å²) in [6, 6.07) is 1.64. The minimum Gasteiger partial charge on any atom is -0.478 e. The summed E-state index contributed by atoms with van der Waals surface area (Å²) in [4.78, 5) is 29.9. The van der Waals surface area contributed by atoms with Crippen LogP contribution < -0.4 is 10.1 Å². The highest BCUT2D eigenvalue weighted by atomic mass is 32.1. The molecule has 25 heavy (non-hydrogen) atoms. The van der Waals surface area contributed by atoms with Crippen LogP contribution in [0.15, 0.2) is 6.07 Å². The van der Waals surface area contributed by atoms with Crippen molar-refractivity contribution in [3.63, 3.8) is 0 Å². The molecule has 4 rings (SSSR count). The van der Waals surface area contributed by atoms with Gasteiger partial charge in [0, 0.05) is 23.9 Å². The Morgan fingerprint density at radius 3 is 3.20 bits per heavy atom. The van der Waals surface area contributed by atoms with E-state index in [0.29, 0.717) is 36.3 Å². The maximum Gasteiger partial charge on any atom is 0.315 e. The molecule has 0 saturated heterocycles. The third-order valence-corrected chi connectivity index (χ3v) is 5.30. The number of aromatic nitrogens is 3. The molecule has 2 aromatic heterocycles. The number of rotatable bonds is 4. The van der Waals surface area contributed by atoms with Crippen LogP contribution in [0, 0.1) is 0 Å². The Morgan fingerprint density at radius 2 is 2.40 bits per heavy atom. The number of carbonyl (C=O) groups excluding carboxylic acids is 2. The molecule has 8 nitrogen and oxygen atoms in total. The van der Waals surface area contributed by atoms with Gasteiger partial charge >= 0.3 is 5.97 Å². The number of esters is 1. The third kappa shape index (κ3) is 2.99.